The maximum absolute atomic E-state index is 13.6. The maximum atomic E-state index is 13.6. The number of carbonyl (C=O) groups is 4. The van der Waals surface area contributed by atoms with E-state index in [0.717, 1.165) is 22.1 Å². The lowest BCUT2D eigenvalue weighted by atomic mass is 10.0. The Morgan fingerprint density at radius 1 is 0.868 bits per heavy atom. The normalized spacial score (nSPS) is 11.1. The van der Waals surface area contributed by atoms with E-state index >= 15 is 0 Å². The van der Waals surface area contributed by atoms with Gasteiger partial charge >= 0.3 is 23.9 Å². The van der Waals surface area contributed by atoms with Crippen LogP contribution in [0.15, 0.2) is 95.5 Å². The number of benzene rings is 4. The SMILES string of the molecule is COc1ccc(CC(=O)Nc2ccc(C(=O)N(CC(=O)O)Cc3ccc(-c4noc(C(=O)N(C)Cc5ccc(C)cc5)n4)cc3)cc2)c(C(F)(F)F)c1. The number of amides is 3. The largest absolute Gasteiger partial charge is 0.497 e. The predicted octanol–water partition coefficient (Wildman–Crippen LogP) is 6.25. The molecule has 0 aliphatic rings. The van der Waals surface area contributed by atoms with Crippen LogP contribution >= 0.6 is 0 Å². The molecule has 0 saturated heterocycles. The highest BCUT2D eigenvalue weighted by atomic mass is 19.4. The van der Waals surface area contributed by atoms with Crippen molar-refractivity contribution in [3.63, 3.8) is 0 Å². The first-order valence-electron chi connectivity index (χ1n) is 16.1. The van der Waals surface area contributed by atoms with E-state index in [1.807, 2.05) is 31.2 Å². The van der Waals surface area contributed by atoms with Crippen LogP contribution in [0.2, 0.25) is 0 Å². The van der Waals surface area contributed by atoms with Crippen molar-refractivity contribution >= 4 is 29.4 Å². The molecule has 0 fully saturated rings. The Morgan fingerprint density at radius 3 is 2.13 bits per heavy atom. The number of hydrogen-bond acceptors (Lipinski definition) is 8. The topological polar surface area (TPSA) is 155 Å². The number of rotatable bonds is 13. The number of halogens is 3. The van der Waals surface area contributed by atoms with Crippen molar-refractivity contribution in [3.8, 4) is 17.1 Å². The van der Waals surface area contributed by atoms with E-state index in [1.54, 1.807) is 31.3 Å². The Kier molecular flexibility index (Phi) is 11.6. The van der Waals surface area contributed by atoms with E-state index < -0.39 is 48.4 Å². The molecule has 5 aromatic rings. The van der Waals surface area contributed by atoms with Gasteiger partial charge in [0, 0.05) is 37.0 Å². The van der Waals surface area contributed by atoms with Crippen molar-refractivity contribution in [3.05, 3.63) is 130 Å². The molecule has 0 bridgehead atoms. The number of carbonyl (C=O) groups excluding carboxylic acids is 3. The lowest BCUT2D eigenvalue weighted by Crippen LogP contribution is -2.35. The van der Waals surface area contributed by atoms with Gasteiger partial charge in [-0.05, 0) is 60.0 Å². The van der Waals surface area contributed by atoms with Gasteiger partial charge in [0.2, 0.25) is 11.7 Å². The summed E-state index contributed by atoms with van der Waals surface area (Å²) in [6.45, 7) is 1.63. The molecular formula is C38H34F3N5O7. The number of aliphatic carboxylic acids is 1. The first-order valence-corrected chi connectivity index (χ1v) is 16.1. The van der Waals surface area contributed by atoms with Crippen molar-refractivity contribution in [1.82, 2.24) is 19.9 Å². The molecule has 12 nitrogen and oxygen atoms in total. The molecule has 3 amide bonds. The zero-order chi connectivity index (χ0) is 38.3. The second kappa shape index (κ2) is 16.2. The Bertz CT molecular complexity index is 2100. The molecule has 1 heterocycles. The number of carboxylic acids is 1. The highest BCUT2D eigenvalue weighted by Gasteiger charge is 2.34. The molecule has 53 heavy (non-hydrogen) atoms. The molecule has 2 N–H and O–H groups in total. The van der Waals surface area contributed by atoms with Crippen molar-refractivity contribution < 1.29 is 46.7 Å². The average molecular weight is 730 g/mol. The van der Waals surface area contributed by atoms with Crippen molar-refractivity contribution in [1.29, 1.82) is 0 Å². The molecule has 4 aromatic carbocycles. The van der Waals surface area contributed by atoms with E-state index in [0.29, 0.717) is 17.7 Å². The predicted molar refractivity (Wildman–Crippen MR) is 186 cm³/mol. The van der Waals surface area contributed by atoms with Gasteiger partial charge in [-0.15, -0.1) is 0 Å². The standard InChI is InChI=1S/C38H34F3N5O7/c1-23-4-6-24(7-5-23)20-45(2)37(51)35-43-34(44-53-35)26-10-8-25(9-11-26)21-46(22-33(48)49)36(50)27-12-15-29(16-13-27)42-32(47)18-28-14-17-30(52-3)19-31(28)38(39,40)41/h4-17,19H,18,20-22H2,1-3H3,(H,42,47)(H,48,49). The summed E-state index contributed by atoms with van der Waals surface area (Å²) < 4.78 is 50.8. The highest BCUT2D eigenvalue weighted by Crippen LogP contribution is 2.35. The molecule has 0 atom stereocenters. The third-order valence-corrected chi connectivity index (χ3v) is 8.08. The first kappa shape index (κ1) is 37.7. The van der Waals surface area contributed by atoms with Gasteiger partial charge in [0.05, 0.1) is 19.1 Å². The van der Waals surface area contributed by atoms with Crippen LogP contribution in [0.1, 0.15) is 48.9 Å². The molecule has 0 aliphatic carbocycles. The van der Waals surface area contributed by atoms with Crippen LogP contribution in [0.25, 0.3) is 11.4 Å². The number of alkyl halides is 3. The molecule has 274 valence electrons. The lowest BCUT2D eigenvalue weighted by molar-refractivity contribution is -0.139. The van der Waals surface area contributed by atoms with Crippen molar-refractivity contribution in [2.45, 2.75) is 32.6 Å². The van der Waals surface area contributed by atoms with E-state index in [-0.39, 0.29) is 40.8 Å². The minimum absolute atomic E-state index is 0.000930. The zero-order valence-electron chi connectivity index (χ0n) is 28.8. The van der Waals surface area contributed by atoms with Crippen LogP contribution in [0, 0.1) is 6.92 Å². The minimum Gasteiger partial charge on any atom is -0.497 e. The third-order valence-electron chi connectivity index (χ3n) is 8.08. The summed E-state index contributed by atoms with van der Waals surface area (Å²) in [5.74, 6) is -3.04. The summed E-state index contributed by atoms with van der Waals surface area (Å²) in [6, 6.07) is 23.2. The van der Waals surface area contributed by atoms with Gasteiger partial charge in [-0.25, -0.2) is 0 Å². The molecule has 1 aromatic heterocycles. The van der Waals surface area contributed by atoms with Gasteiger partial charge in [-0.1, -0.05) is 65.3 Å². The highest BCUT2D eigenvalue weighted by molar-refractivity contribution is 5.97. The molecule has 0 unspecified atom stereocenters. The summed E-state index contributed by atoms with van der Waals surface area (Å²) in [7, 11) is 2.86. The molecular weight excluding hydrogens is 695 g/mol. The van der Waals surface area contributed by atoms with Crippen molar-refractivity contribution in [2.24, 2.45) is 0 Å². The number of aromatic nitrogens is 2. The van der Waals surface area contributed by atoms with Gasteiger partial charge in [0.15, 0.2) is 0 Å². The number of nitrogens with one attached hydrogen (secondary N) is 1. The van der Waals surface area contributed by atoms with Crippen LogP contribution in [0.3, 0.4) is 0 Å². The fourth-order valence-electron chi connectivity index (χ4n) is 5.33. The summed E-state index contributed by atoms with van der Waals surface area (Å²) in [4.78, 5) is 57.4. The molecule has 0 saturated carbocycles. The Hall–Kier alpha value is -6.51. The third kappa shape index (κ3) is 9.84. The van der Waals surface area contributed by atoms with E-state index in [9.17, 15) is 37.5 Å². The van der Waals surface area contributed by atoms with Crippen LogP contribution in [0.4, 0.5) is 18.9 Å². The van der Waals surface area contributed by atoms with Crippen LogP contribution < -0.4 is 10.1 Å². The quantitative estimate of drug-likeness (QED) is 0.143. The zero-order valence-corrected chi connectivity index (χ0v) is 28.8. The number of hydrogen-bond donors (Lipinski definition) is 2. The maximum Gasteiger partial charge on any atom is 0.416 e. The monoisotopic (exact) mass is 729 g/mol. The van der Waals surface area contributed by atoms with Gasteiger partial charge < -0.3 is 29.5 Å². The van der Waals surface area contributed by atoms with Crippen LogP contribution in [-0.2, 0) is 35.3 Å². The van der Waals surface area contributed by atoms with Crippen molar-refractivity contribution in [2.75, 3.05) is 26.0 Å². The second-order valence-electron chi connectivity index (χ2n) is 12.1. The molecule has 5 rings (SSSR count). The number of aryl methyl sites for hydroxylation is 1. The van der Waals surface area contributed by atoms with Gasteiger partial charge in [-0.3, -0.25) is 19.2 Å². The number of nitrogens with zero attached hydrogens (tertiary/aromatic N) is 4. The summed E-state index contributed by atoms with van der Waals surface area (Å²) in [5, 5.41) is 16.0. The smallest absolute Gasteiger partial charge is 0.416 e. The first-order chi connectivity index (χ1) is 25.2. The number of ether oxygens (including phenoxy) is 1. The van der Waals surface area contributed by atoms with Gasteiger partial charge in [0.25, 0.3) is 5.91 Å². The fraction of sp³-hybridized carbons (Fsp3) is 0.211. The van der Waals surface area contributed by atoms with E-state index in [2.05, 4.69) is 15.5 Å². The molecule has 0 radical (unpaired) electrons. The Morgan fingerprint density at radius 2 is 1.51 bits per heavy atom. The Balaban J connectivity index is 1.21. The number of anilines is 1. The molecule has 0 spiro atoms. The minimum atomic E-state index is -4.70. The fourth-order valence-corrected chi connectivity index (χ4v) is 5.33. The Labute approximate surface area is 301 Å². The summed E-state index contributed by atoms with van der Waals surface area (Å²) in [5.41, 5.74) is 2.25. The average Bonchev–Trinajstić information content (AvgIpc) is 3.62. The molecule has 0 aliphatic heterocycles. The van der Waals surface area contributed by atoms with Gasteiger partial charge in [0.1, 0.15) is 12.3 Å². The molecule has 15 heteroatoms. The van der Waals surface area contributed by atoms with E-state index in [4.69, 9.17) is 9.26 Å². The van der Waals surface area contributed by atoms with Crippen LogP contribution in [-0.4, -0.2) is 69.4 Å². The van der Waals surface area contributed by atoms with E-state index in [1.165, 1.54) is 48.4 Å². The van der Waals surface area contributed by atoms with Crippen LogP contribution in [0.5, 0.6) is 5.75 Å². The lowest BCUT2D eigenvalue weighted by Gasteiger charge is -2.21. The summed E-state index contributed by atoms with van der Waals surface area (Å²) in [6.07, 6.45) is -5.27. The second-order valence-corrected chi connectivity index (χ2v) is 12.1. The number of methoxy groups -OCH3 is 1. The summed E-state index contributed by atoms with van der Waals surface area (Å²) >= 11 is 0. The van der Waals surface area contributed by atoms with Gasteiger partial charge in [-0.2, -0.15) is 18.2 Å². The number of carboxylic acid groups (broad SMARTS) is 1.